The van der Waals surface area contributed by atoms with E-state index in [0.29, 0.717) is 6.04 Å². The van der Waals surface area contributed by atoms with Gasteiger partial charge in [-0.25, -0.2) is 0 Å². The SMILES string of the molecule is Cc1ccsc1[C@@H](C)NCCCCn1ccccc1=O. The summed E-state index contributed by atoms with van der Waals surface area (Å²) in [7, 11) is 0. The van der Waals surface area contributed by atoms with Crippen molar-refractivity contribution in [2.24, 2.45) is 0 Å². The molecule has 0 aromatic carbocycles. The van der Waals surface area contributed by atoms with Gasteiger partial charge < -0.3 is 9.88 Å². The predicted molar refractivity (Wildman–Crippen MR) is 85.4 cm³/mol. The van der Waals surface area contributed by atoms with Crippen LogP contribution in [0.5, 0.6) is 0 Å². The third-order valence-corrected chi connectivity index (χ3v) is 4.67. The molecule has 0 unspecified atom stereocenters. The van der Waals surface area contributed by atoms with E-state index in [1.807, 2.05) is 23.6 Å². The fourth-order valence-electron chi connectivity index (χ4n) is 2.29. The second kappa shape index (κ2) is 7.41. The lowest BCUT2D eigenvalue weighted by atomic mass is 10.2. The Balaban J connectivity index is 1.68. The van der Waals surface area contributed by atoms with E-state index in [2.05, 4.69) is 30.6 Å². The van der Waals surface area contributed by atoms with E-state index in [9.17, 15) is 4.79 Å². The summed E-state index contributed by atoms with van der Waals surface area (Å²) in [5.41, 5.74) is 1.45. The van der Waals surface area contributed by atoms with Crippen LogP contribution in [0, 0.1) is 6.92 Å². The summed E-state index contributed by atoms with van der Waals surface area (Å²) in [4.78, 5) is 13.0. The van der Waals surface area contributed by atoms with Crippen molar-refractivity contribution in [2.75, 3.05) is 6.54 Å². The molecule has 2 aromatic heterocycles. The summed E-state index contributed by atoms with van der Waals surface area (Å²) in [6.07, 6.45) is 3.95. The minimum atomic E-state index is 0.0861. The first-order chi connectivity index (χ1) is 9.68. The molecule has 108 valence electrons. The van der Waals surface area contributed by atoms with E-state index in [0.717, 1.165) is 25.9 Å². The predicted octanol–water partition coefficient (Wildman–Crippen LogP) is 3.35. The zero-order valence-corrected chi connectivity index (χ0v) is 13.0. The van der Waals surface area contributed by atoms with E-state index >= 15 is 0 Å². The molecule has 0 bridgehead atoms. The molecule has 2 aromatic rings. The average Bonchev–Trinajstić information content (AvgIpc) is 2.86. The molecule has 0 spiro atoms. The van der Waals surface area contributed by atoms with E-state index in [4.69, 9.17) is 0 Å². The van der Waals surface area contributed by atoms with Crippen LogP contribution in [0.25, 0.3) is 0 Å². The van der Waals surface area contributed by atoms with Gasteiger partial charge in [0.05, 0.1) is 0 Å². The molecule has 0 saturated carbocycles. The van der Waals surface area contributed by atoms with Crippen LogP contribution in [0.2, 0.25) is 0 Å². The van der Waals surface area contributed by atoms with Gasteiger partial charge in [-0.05, 0) is 56.3 Å². The molecule has 0 aliphatic carbocycles. The number of aromatic nitrogens is 1. The van der Waals surface area contributed by atoms with Gasteiger partial charge in [-0.2, -0.15) is 0 Å². The van der Waals surface area contributed by atoms with Gasteiger partial charge in [-0.1, -0.05) is 6.07 Å². The molecule has 0 aliphatic rings. The number of hydrogen-bond acceptors (Lipinski definition) is 3. The van der Waals surface area contributed by atoms with Crippen molar-refractivity contribution in [1.29, 1.82) is 0 Å². The highest BCUT2D eigenvalue weighted by atomic mass is 32.1. The standard InChI is InChI=1S/C16H22N2OS/c1-13-8-12-20-16(13)14(2)17-9-4-6-11-18-10-5-3-7-15(18)19/h3,5,7-8,10,12,14,17H,4,6,9,11H2,1-2H3/t14-/m1/s1. The Hall–Kier alpha value is -1.39. The van der Waals surface area contributed by atoms with Gasteiger partial charge in [-0.15, -0.1) is 11.3 Å². The summed E-state index contributed by atoms with van der Waals surface area (Å²) in [5, 5.41) is 5.69. The zero-order valence-electron chi connectivity index (χ0n) is 12.1. The van der Waals surface area contributed by atoms with Crippen LogP contribution in [-0.2, 0) is 6.54 Å². The molecule has 0 radical (unpaired) electrons. The van der Waals surface area contributed by atoms with Gasteiger partial charge in [0.2, 0.25) is 5.56 Å². The number of thiophene rings is 1. The van der Waals surface area contributed by atoms with E-state index in [1.54, 1.807) is 16.7 Å². The van der Waals surface area contributed by atoms with E-state index < -0.39 is 0 Å². The third-order valence-electron chi connectivity index (χ3n) is 3.47. The van der Waals surface area contributed by atoms with Crippen LogP contribution in [0.3, 0.4) is 0 Å². The lowest BCUT2D eigenvalue weighted by Gasteiger charge is -2.13. The summed E-state index contributed by atoms with van der Waals surface area (Å²) < 4.78 is 1.77. The Bertz CT molecular complexity index is 588. The van der Waals surface area contributed by atoms with Crippen molar-refractivity contribution >= 4 is 11.3 Å². The Labute approximate surface area is 124 Å². The monoisotopic (exact) mass is 290 g/mol. The van der Waals surface area contributed by atoms with Crippen LogP contribution < -0.4 is 10.9 Å². The molecule has 1 atom stereocenters. The van der Waals surface area contributed by atoms with Gasteiger partial charge in [-0.3, -0.25) is 4.79 Å². The molecule has 2 heterocycles. The third kappa shape index (κ3) is 4.05. The van der Waals surface area contributed by atoms with Crippen molar-refractivity contribution in [3.63, 3.8) is 0 Å². The van der Waals surface area contributed by atoms with Crippen molar-refractivity contribution in [2.45, 2.75) is 39.3 Å². The molecule has 2 rings (SSSR count). The normalized spacial score (nSPS) is 12.5. The molecular formula is C16H22N2OS. The lowest BCUT2D eigenvalue weighted by molar-refractivity contribution is 0.522. The fraction of sp³-hybridized carbons (Fsp3) is 0.438. The Morgan fingerprint density at radius 2 is 2.15 bits per heavy atom. The van der Waals surface area contributed by atoms with E-state index in [1.165, 1.54) is 10.4 Å². The maximum atomic E-state index is 11.5. The first-order valence-corrected chi connectivity index (χ1v) is 7.99. The molecule has 0 saturated heterocycles. The lowest BCUT2D eigenvalue weighted by Crippen LogP contribution is -2.21. The van der Waals surface area contributed by atoms with Crippen LogP contribution in [-0.4, -0.2) is 11.1 Å². The van der Waals surface area contributed by atoms with Crippen molar-refractivity contribution in [3.05, 3.63) is 56.6 Å². The Morgan fingerprint density at radius 3 is 2.85 bits per heavy atom. The maximum absolute atomic E-state index is 11.5. The molecule has 4 heteroatoms. The highest BCUT2D eigenvalue weighted by Gasteiger charge is 2.08. The van der Waals surface area contributed by atoms with Crippen LogP contribution in [0.1, 0.15) is 36.2 Å². The maximum Gasteiger partial charge on any atom is 0.250 e. The largest absolute Gasteiger partial charge is 0.316 e. The van der Waals surface area contributed by atoms with Crippen LogP contribution in [0.15, 0.2) is 40.6 Å². The molecule has 0 aliphatic heterocycles. The fourth-order valence-corrected chi connectivity index (χ4v) is 3.25. The molecule has 1 N–H and O–H groups in total. The van der Waals surface area contributed by atoms with Gasteiger partial charge in [0.1, 0.15) is 0 Å². The number of unbranched alkanes of at least 4 members (excludes halogenated alkanes) is 1. The molecule has 3 nitrogen and oxygen atoms in total. The summed E-state index contributed by atoms with van der Waals surface area (Å²) in [6, 6.07) is 7.88. The van der Waals surface area contributed by atoms with Crippen molar-refractivity contribution in [1.82, 2.24) is 9.88 Å². The number of hydrogen-bond donors (Lipinski definition) is 1. The smallest absolute Gasteiger partial charge is 0.250 e. The minimum Gasteiger partial charge on any atom is -0.316 e. The first kappa shape index (κ1) is 15.0. The Morgan fingerprint density at radius 1 is 1.30 bits per heavy atom. The van der Waals surface area contributed by atoms with Gasteiger partial charge >= 0.3 is 0 Å². The van der Waals surface area contributed by atoms with Crippen molar-refractivity contribution < 1.29 is 0 Å². The van der Waals surface area contributed by atoms with Gasteiger partial charge in [0.15, 0.2) is 0 Å². The second-order valence-corrected chi connectivity index (χ2v) is 6.03. The average molecular weight is 290 g/mol. The molecule has 20 heavy (non-hydrogen) atoms. The van der Waals surface area contributed by atoms with Crippen LogP contribution >= 0.6 is 11.3 Å². The molecule has 0 amide bonds. The first-order valence-electron chi connectivity index (χ1n) is 7.11. The minimum absolute atomic E-state index is 0.0861. The van der Waals surface area contributed by atoms with Gasteiger partial charge in [0, 0.05) is 29.7 Å². The summed E-state index contributed by atoms with van der Waals surface area (Å²) in [5.74, 6) is 0. The molecular weight excluding hydrogens is 268 g/mol. The zero-order chi connectivity index (χ0) is 14.4. The highest BCUT2D eigenvalue weighted by molar-refractivity contribution is 7.10. The second-order valence-electron chi connectivity index (χ2n) is 5.08. The quantitative estimate of drug-likeness (QED) is 0.794. The number of aryl methyl sites for hydroxylation is 2. The summed E-state index contributed by atoms with van der Waals surface area (Å²) >= 11 is 1.81. The van der Waals surface area contributed by atoms with Gasteiger partial charge in [0.25, 0.3) is 0 Å². The summed E-state index contributed by atoms with van der Waals surface area (Å²) in [6.45, 7) is 6.15. The van der Waals surface area contributed by atoms with Crippen LogP contribution in [0.4, 0.5) is 0 Å². The Kier molecular flexibility index (Phi) is 5.56. The number of rotatable bonds is 7. The topological polar surface area (TPSA) is 34.0 Å². The van der Waals surface area contributed by atoms with Crippen molar-refractivity contribution in [3.8, 4) is 0 Å². The molecule has 0 fully saturated rings. The number of nitrogens with one attached hydrogen (secondary N) is 1. The number of pyridine rings is 1. The highest BCUT2D eigenvalue weighted by Crippen LogP contribution is 2.23. The van der Waals surface area contributed by atoms with E-state index in [-0.39, 0.29) is 5.56 Å². The number of nitrogens with zero attached hydrogens (tertiary/aromatic N) is 1.